The Bertz CT molecular complexity index is 364. The van der Waals surface area contributed by atoms with Gasteiger partial charge in [-0.2, -0.15) is 0 Å². The molecule has 0 atom stereocenters. The molecule has 1 rings (SSSR count). The molecular formula is C11H12BrFO2. The summed E-state index contributed by atoms with van der Waals surface area (Å²) in [7, 11) is 0. The molecule has 4 heteroatoms. The SMILES string of the molecule is CC(C)C(=O)COc1cc(F)ccc1Br. The van der Waals surface area contributed by atoms with Gasteiger partial charge in [0.1, 0.15) is 18.2 Å². The molecule has 0 aliphatic rings. The molecule has 0 aliphatic heterocycles. The fraction of sp³-hybridized carbons (Fsp3) is 0.364. The normalized spacial score (nSPS) is 10.5. The molecule has 0 aromatic heterocycles. The third-order valence-corrected chi connectivity index (χ3v) is 2.56. The summed E-state index contributed by atoms with van der Waals surface area (Å²) < 4.78 is 18.7. The highest BCUT2D eigenvalue weighted by Gasteiger charge is 2.09. The van der Waals surface area contributed by atoms with Crippen molar-refractivity contribution in [2.24, 2.45) is 5.92 Å². The highest BCUT2D eigenvalue weighted by molar-refractivity contribution is 9.10. The first-order chi connectivity index (χ1) is 7.00. The second kappa shape index (κ2) is 5.26. The predicted molar refractivity (Wildman–Crippen MR) is 59.4 cm³/mol. The summed E-state index contributed by atoms with van der Waals surface area (Å²) in [6.07, 6.45) is 0. The fourth-order valence-electron chi connectivity index (χ4n) is 0.903. The van der Waals surface area contributed by atoms with Gasteiger partial charge in [0.15, 0.2) is 5.78 Å². The summed E-state index contributed by atoms with van der Waals surface area (Å²) in [5.41, 5.74) is 0. The molecule has 0 unspecified atom stereocenters. The van der Waals surface area contributed by atoms with Crippen molar-refractivity contribution in [2.45, 2.75) is 13.8 Å². The second-order valence-electron chi connectivity index (χ2n) is 3.48. The van der Waals surface area contributed by atoms with Crippen LogP contribution in [0.5, 0.6) is 5.75 Å². The average Bonchev–Trinajstić information content (AvgIpc) is 2.18. The van der Waals surface area contributed by atoms with E-state index < -0.39 is 0 Å². The Hall–Kier alpha value is -0.900. The van der Waals surface area contributed by atoms with Crippen molar-refractivity contribution >= 4 is 21.7 Å². The molecule has 0 N–H and O–H groups in total. The van der Waals surface area contributed by atoms with Gasteiger partial charge in [-0.15, -0.1) is 0 Å². The highest BCUT2D eigenvalue weighted by Crippen LogP contribution is 2.25. The molecule has 0 spiro atoms. The van der Waals surface area contributed by atoms with Crippen LogP contribution in [0.3, 0.4) is 0 Å². The van der Waals surface area contributed by atoms with E-state index in [1.807, 2.05) is 0 Å². The van der Waals surface area contributed by atoms with E-state index in [0.29, 0.717) is 10.2 Å². The smallest absolute Gasteiger partial charge is 0.172 e. The minimum absolute atomic E-state index is 0.00818. The molecule has 82 valence electrons. The van der Waals surface area contributed by atoms with E-state index in [4.69, 9.17) is 4.74 Å². The van der Waals surface area contributed by atoms with Gasteiger partial charge in [0, 0.05) is 12.0 Å². The molecule has 1 aromatic rings. The maximum atomic E-state index is 12.8. The highest BCUT2D eigenvalue weighted by atomic mass is 79.9. The van der Waals surface area contributed by atoms with Gasteiger partial charge in [0.2, 0.25) is 0 Å². The van der Waals surface area contributed by atoms with E-state index >= 15 is 0 Å². The van der Waals surface area contributed by atoms with Crippen LogP contribution >= 0.6 is 15.9 Å². The predicted octanol–water partition coefficient (Wildman–Crippen LogP) is 3.19. The minimum atomic E-state index is -0.384. The lowest BCUT2D eigenvalue weighted by Gasteiger charge is -2.08. The van der Waals surface area contributed by atoms with Crippen LogP contribution in [0.1, 0.15) is 13.8 Å². The summed E-state index contributed by atoms with van der Waals surface area (Å²) in [5.74, 6) is -0.113. The molecule has 15 heavy (non-hydrogen) atoms. The van der Waals surface area contributed by atoms with Gasteiger partial charge in [0.25, 0.3) is 0 Å². The van der Waals surface area contributed by atoms with Crippen molar-refractivity contribution in [1.82, 2.24) is 0 Å². The van der Waals surface area contributed by atoms with E-state index in [1.165, 1.54) is 12.1 Å². The number of benzene rings is 1. The van der Waals surface area contributed by atoms with Crippen molar-refractivity contribution in [2.75, 3.05) is 6.61 Å². The Labute approximate surface area is 96.6 Å². The van der Waals surface area contributed by atoms with Gasteiger partial charge in [-0.25, -0.2) is 4.39 Å². The molecule has 2 nitrogen and oxygen atoms in total. The maximum absolute atomic E-state index is 12.8. The molecule has 0 amide bonds. The van der Waals surface area contributed by atoms with Crippen LogP contribution in [0.25, 0.3) is 0 Å². The quantitative estimate of drug-likeness (QED) is 0.843. The summed E-state index contributed by atoms with van der Waals surface area (Å²) in [4.78, 5) is 11.3. The van der Waals surface area contributed by atoms with E-state index in [1.54, 1.807) is 19.9 Å². The number of hydrogen-bond donors (Lipinski definition) is 0. The van der Waals surface area contributed by atoms with Crippen molar-refractivity contribution in [3.8, 4) is 5.75 Å². The zero-order valence-electron chi connectivity index (χ0n) is 8.59. The van der Waals surface area contributed by atoms with Crippen LogP contribution in [-0.4, -0.2) is 12.4 Å². The molecule has 0 aliphatic carbocycles. The molecule has 0 heterocycles. The molecular weight excluding hydrogens is 263 g/mol. The molecule has 0 fully saturated rings. The van der Waals surface area contributed by atoms with Gasteiger partial charge >= 0.3 is 0 Å². The number of Topliss-reactive ketones (excluding diaryl/α,β-unsaturated/α-hetero) is 1. The lowest BCUT2D eigenvalue weighted by molar-refractivity contribution is -0.123. The van der Waals surface area contributed by atoms with Gasteiger partial charge < -0.3 is 4.74 Å². The Kier molecular flexibility index (Phi) is 4.27. The number of ketones is 1. The second-order valence-corrected chi connectivity index (χ2v) is 4.34. The van der Waals surface area contributed by atoms with Gasteiger partial charge in [0.05, 0.1) is 4.47 Å². The van der Waals surface area contributed by atoms with E-state index in [2.05, 4.69) is 15.9 Å². The number of ether oxygens (including phenoxy) is 1. The van der Waals surface area contributed by atoms with Gasteiger partial charge in [-0.1, -0.05) is 13.8 Å². The van der Waals surface area contributed by atoms with E-state index in [-0.39, 0.29) is 24.1 Å². The number of halogens is 2. The zero-order chi connectivity index (χ0) is 11.4. The molecule has 0 bridgehead atoms. The van der Waals surface area contributed by atoms with Crippen LogP contribution < -0.4 is 4.74 Å². The van der Waals surface area contributed by atoms with Crippen molar-refractivity contribution in [1.29, 1.82) is 0 Å². The largest absolute Gasteiger partial charge is 0.485 e. The van der Waals surface area contributed by atoms with Crippen LogP contribution in [0.15, 0.2) is 22.7 Å². The van der Waals surface area contributed by atoms with E-state index in [0.717, 1.165) is 0 Å². The number of carbonyl (C=O) groups is 1. The number of hydrogen-bond acceptors (Lipinski definition) is 2. The summed E-state index contributed by atoms with van der Waals surface area (Å²) in [5, 5.41) is 0. The molecule has 1 aromatic carbocycles. The standard InChI is InChI=1S/C11H12BrFO2/c1-7(2)10(14)6-15-11-5-8(13)3-4-9(11)12/h3-5,7H,6H2,1-2H3. The number of rotatable bonds is 4. The van der Waals surface area contributed by atoms with Crippen molar-refractivity contribution in [3.63, 3.8) is 0 Å². The van der Waals surface area contributed by atoms with Crippen molar-refractivity contribution in [3.05, 3.63) is 28.5 Å². The average molecular weight is 275 g/mol. The lowest BCUT2D eigenvalue weighted by atomic mass is 10.1. The van der Waals surface area contributed by atoms with Crippen LogP contribution in [0, 0.1) is 11.7 Å². The van der Waals surface area contributed by atoms with Crippen LogP contribution in [0.4, 0.5) is 4.39 Å². The Morgan fingerprint density at radius 1 is 1.53 bits per heavy atom. The minimum Gasteiger partial charge on any atom is -0.485 e. The van der Waals surface area contributed by atoms with Crippen molar-refractivity contribution < 1.29 is 13.9 Å². The molecule has 0 saturated heterocycles. The fourth-order valence-corrected chi connectivity index (χ4v) is 1.26. The first-order valence-electron chi connectivity index (χ1n) is 4.61. The third kappa shape index (κ3) is 3.63. The van der Waals surface area contributed by atoms with Crippen LogP contribution in [0.2, 0.25) is 0 Å². The Morgan fingerprint density at radius 3 is 2.80 bits per heavy atom. The van der Waals surface area contributed by atoms with Gasteiger partial charge in [-0.05, 0) is 28.1 Å². The topological polar surface area (TPSA) is 26.3 Å². The lowest BCUT2D eigenvalue weighted by Crippen LogP contribution is -2.17. The zero-order valence-corrected chi connectivity index (χ0v) is 10.2. The third-order valence-electron chi connectivity index (χ3n) is 1.91. The van der Waals surface area contributed by atoms with E-state index in [9.17, 15) is 9.18 Å². The summed E-state index contributed by atoms with van der Waals surface area (Å²) >= 11 is 3.21. The van der Waals surface area contributed by atoms with Gasteiger partial charge in [-0.3, -0.25) is 4.79 Å². The maximum Gasteiger partial charge on any atom is 0.172 e. The first kappa shape index (κ1) is 12.2. The molecule has 0 saturated carbocycles. The molecule has 0 radical (unpaired) electrons. The Morgan fingerprint density at radius 2 is 2.20 bits per heavy atom. The summed E-state index contributed by atoms with van der Waals surface area (Å²) in [6.45, 7) is 3.57. The summed E-state index contributed by atoms with van der Waals surface area (Å²) in [6, 6.07) is 4.11. The van der Waals surface area contributed by atoms with Crippen LogP contribution in [-0.2, 0) is 4.79 Å². The Balaban J connectivity index is 2.65. The number of carbonyl (C=O) groups excluding carboxylic acids is 1. The monoisotopic (exact) mass is 274 g/mol. The first-order valence-corrected chi connectivity index (χ1v) is 5.40.